The van der Waals surface area contributed by atoms with Crippen molar-refractivity contribution >= 4 is 23.2 Å². The van der Waals surface area contributed by atoms with Gasteiger partial charge in [-0.05, 0) is 42.0 Å². The minimum Gasteiger partial charge on any atom is -0.497 e. The van der Waals surface area contributed by atoms with Gasteiger partial charge in [-0.25, -0.2) is 0 Å². The first kappa shape index (κ1) is 16.3. The van der Waals surface area contributed by atoms with E-state index >= 15 is 0 Å². The van der Waals surface area contributed by atoms with Gasteiger partial charge in [0.15, 0.2) is 5.82 Å². The molecule has 0 N–H and O–H groups in total. The molecule has 2 heterocycles. The molecular formula is C17H13N5O3S. The van der Waals surface area contributed by atoms with Crippen LogP contribution >= 0.6 is 11.8 Å². The first-order valence-electron chi connectivity index (χ1n) is 7.71. The first-order valence-corrected chi connectivity index (χ1v) is 8.69. The van der Waals surface area contributed by atoms with Gasteiger partial charge in [0.1, 0.15) is 5.75 Å². The molecule has 0 unspecified atom stereocenters. The minimum atomic E-state index is -0.416. The smallest absolute Gasteiger partial charge is 0.269 e. The Morgan fingerprint density at radius 1 is 1.08 bits per heavy atom. The van der Waals surface area contributed by atoms with Gasteiger partial charge in [0.05, 0.1) is 17.7 Å². The Morgan fingerprint density at radius 2 is 1.77 bits per heavy atom. The van der Waals surface area contributed by atoms with Gasteiger partial charge in [-0.15, -0.1) is 10.2 Å². The molecule has 0 radical (unpaired) electrons. The van der Waals surface area contributed by atoms with E-state index in [2.05, 4.69) is 15.3 Å². The minimum absolute atomic E-state index is 0.0571. The molecule has 1 aliphatic rings. The van der Waals surface area contributed by atoms with E-state index in [9.17, 15) is 10.1 Å². The highest BCUT2D eigenvalue weighted by Crippen LogP contribution is 2.29. The third-order valence-corrected chi connectivity index (χ3v) is 4.86. The van der Waals surface area contributed by atoms with Crippen molar-refractivity contribution in [3.63, 3.8) is 0 Å². The molecule has 8 nitrogen and oxygen atoms in total. The molecular weight excluding hydrogens is 354 g/mol. The lowest BCUT2D eigenvalue weighted by Crippen LogP contribution is -2.13. The van der Waals surface area contributed by atoms with Crippen LogP contribution in [0.15, 0.2) is 58.8 Å². The van der Waals surface area contributed by atoms with Gasteiger partial charge in [-0.2, -0.15) is 9.78 Å². The summed E-state index contributed by atoms with van der Waals surface area (Å²) in [6.07, 6.45) is 0. The fourth-order valence-corrected chi connectivity index (χ4v) is 3.40. The number of hydrogen-bond donors (Lipinski definition) is 0. The molecule has 26 heavy (non-hydrogen) atoms. The molecule has 1 aromatic heterocycles. The van der Waals surface area contributed by atoms with Crippen molar-refractivity contribution in [2.75, 3.05) is 12.9 Å². The largest absolute Gasteiger partial charge is 0.497 e. The SMILES string of the molecule is COc1ccc(-c2nnc3n2N=C(c2ccc([N+](=O)[O-])cc2)CS3)cc1. The summed E-state index contributed by atoms with van der Waals surface area (Å²) in [7, 11) is 1.62. The molecule has 130 valence electrons. The van der Waals surface area contributed by atoms with Crippen LogP contribution in [0.3, 0.4) is 0 Å². The van der Waals surface area contributed by atoms with Gasteiger partial charge in [-0.3, -0.25) is 10.1 Å². The highest BCUT2D eigenvalue weighted by Gasteiger charge is 2.21. The van der Waals surface area contributed by atoms with Crippen LogP contribution < -0.4 is 4.74 Å². The zero-order valence-electron chi connectivity index (χ0n) is 13.7. The monoisotopic (exact) mass is 367 g/mol. The van der Waals surface area contributed by atoms with Crippen LogP contribution in [0.2, 0.25) is 0 Å². The maximum absolute atomic E-state index is 10.8. The van der Waals surface area contributed by atoms with E-state index in [1.54, 1.807) is 23.9 Å². The van der Waals surface area contributed by atoms with Gasteiger partial charge < -0.3 is 4.74 Å². The fourth-order valence-electron chi connectivity index (χ4n) is 2.56. The number of benzene rings is 2. The average molecular weight is 367 g/mol. The lowest BCUT2D eigenvalue weighted by Gasteiger charge is -2.14. The number of thioether (sulfide) groups is 1. The lowest BCUT2D eigenvalue weighted by molar-refractivity contribution is -0.384. The summed E-state index contributed by atoms with van der Waals surface area (Å²) in [4.78, 5) is 10.4. The zero-order chi connectivity index (χ0) is 18.1. The molecule has 0 spiro atoms. The molecule has 0 amide bonds. The number of fused-ring (bicyclic) bond motifs is 1. The highest BCUT2D eigenvalue weighted by molar-refractivity contribution is 7.99. The molecule has 0 saturated carbocycles. The molecule has 0 atom stereocenters. The normalized spacial score (nSPS) is 13.0. The van der Waals surface area contributed by atoms with Gasteiger partial charge in [0, 0.05) is 23.4 Å². The van der Waals surface area contributed by atoms with Gasteiger partial charge in [-0.1, -0.05) is 11.8 Å². The van der Waals surface area contributed by atoms with Gasteiger partial charge in [0.2, 0.25) is 5.16 Å². The number of rotatable bonds is 4. The quantitative estimate of drug-likeness (QED) is 0.519. The molecule has 0 saturated heterocycles. The van der Waals surface area contributed by atoms with E-state index < -0.39 is 4.92 Å². The van der Waals surface area contributed by atoms with Crippen LogP contribution in [0, 0.1) is 10.1 Å². The fraction of sp³-hybridized carbons (Fsp3) is 0.118. The number of nitro benzene ring substituents is 1. The summed E-state index contributed by atoms with van der Waals surface area (Å²) in [6, 6.07) is 13.9. The van der Waals surface area contributed by atoms with E-state index in [1.807, 2.05) is 24.3 Å². The van der Waals surface area contributed by atoms with Crippen molar-refractivity contribution in [2.45, 2.75) is 5.16 Å². The second-order valence-corrected chi connectivity index (χ2v) is 6.43. The number of hydrogen-bond acceptors (Lipinski definition) is 7. The molecule has 2 aromatic carbocycles. The van der Waals surface area contributed by atoms with Gasteiger partial charge in [0.25, 0.3) is 5.69 Å². The number of nitrogens with zero attached hydrogens (tertiary/aromatic N) is 5. The first-order chi connectivity index (χ1) is 12.7. The van der Waals surface area contributed by atoms with Crippen molar-refractivity contribution in [1.29, 1.82) is 0 Å². The Labute approximate surface area is 152 Å². The summed E-state index contributed by atoms with van der Waals surface area (Å²) in [5.41, 5.74) is 2.58. The predicted molar refractivity (Wildman–Crippen MR) is 97.8 cm³/mol. The second kappa shape index (κ2) is 6.60. The van der Waals surface area contributed by atoms with Crippen LogP contribution in [-0.2, 0) is 0 Å². The number of nitro groups is 1. The summed E-state index contributed by atoms with van der Waals surface area (Å²) in [6.45, 7) is 0. The third-order valence-electron chi connectivity index (χ3n) is 3.93. The molecule has 0 fully saturated rings. The van der Waals surface area contributed by atoms with E-state index in [4.69, 9.17) is 4.74 Å². The van der Waals surface area contributed by atoms with Gasteiger partial charge >= 0.3 is 0 Å². The zero-order valence-corrected chi connectivity index (χ0v) is 14.5. The Hall–Kier alpha value is -3.20. The van der Waals surface area contributed by atoms with Crippen molar-refractivity contribution in [3.8, 4) is 17.1 Å². The van der Waals surface area contributed by atoms with Crippen LogP contribution in [0.25, 0.3) is 11.4 Å². The van der Waals surface area contributed by atoms with Crippen molar-refractivity contribution < 1.29 is 9.66 Å². The molecule has 4 rings (SSSR count). The van der Waals surface area contributed by atoms with Crippen molar-refractivity contribution in [1.82, 2.24) is 14.9 Å². The van der Waals surface area contributed by atoms with E-state index in [0.29, 0.717) is 16.7 Å². The number of methoxy groups -OCH3 is 1. The van der Waals surface area contributed by atoms with Crippen LogP contribution in [0.1, 0.15) is 5.56 Å². The topological polar surface area (TPSA) is 95.4 Å². The summed E-state index contributed by atoms with van der Waals surface area (Å²) < 4.78 is 6.88. The molecule has 1 aliphatic heterocycles. The standard InChI is InChI=1S/C17H13N5O3S/c1-25-14-8-4-12(5-9-14)16-18-19-17-21(16)20-15(10-26-17)11-2-6-13(7-3-11)22(23)24/h2-9H,10H2,1H3. The summed E-state index contributed by atoms with van der Waals surface area (Å²) in [5.74, 6) is 2.02. The van der Waals surface area contributed by atoms with Crippen molar-refractivity contribution in [2.24, 2.45) is 5.10 Å². The second-order valence-electron chi connectivity index (χ2n) is 5.49. The van der Waals surface area contributed by atoms with Crippen LogP contribution in [-0.4, -0.2) is 38.4 Å². The maximum Gasteiger partial charge on any atom is 0.269 e. The maximum atomic E-state index is 10.8. The Bertz CT molecular complexity index is 996. The third kappa shape index (κ3) is 2.93. The molecule has 9 heteroatoms. The molecule has 3 aromatic rings. The lowest BCUT2D eigenvalue weighted by atomic mass is 10.1. The predicted octanol–water partition coefficient (Wildman–Crippen LogP) is 3.22. The van der Waals surface area contributed by atoms with E-state index in [1.165, 1.54) is 23.9 Å². The Morgan fingerprint density at radius 3 is 2.42 bits per heavy atom. The van der Waals surface area contributed by atoms with E-state index in [-0.39, 0.29) is 5.69 Å². The van der Waals surface area contributed by atoms with Crippen molar-refractivity contribution in [3.05, 3.63) is 64.2 Å². The number of aromatic nitrogens is 3. The highest BCUT2D eigenvalue weighted by atomic mass is 32.2. The van der Waals surface area contributed by atoms with E-state index in [0.717, 1.165) is 22.6 Å². The Balaban J connectivity index is 1.70. The number of non-ortho nitro benzene ring substituents is 1. The number of ether oxygens (including phenoxy) is 1. The average Bonchev–Trinajstić information content (AvgIpc) is 3.11. The molecule has 0 aliphatic carbocycles. The Kier molecular flexibility index (Phi) is 4.13. The van der Waals surface area contributed by atoms with Crippen LogP contribution in [0.4, 0.5) is 5.69 Å². The summed E-state index contributed by atoms with van der Waals surface area (Å²) >= 11 is 1.53. The van der Waals surface area contributed by atoms with Crippen LogP contribution in [0.5, 0.6) is 5.75 Å². The molecule has 0 bridgehead atoms. The summed E-state index contributed by atoms with van der Waals surface area (Å²) in [5, 5.41) is 24.6.